The molecule has 1 nitrogen and oxygen atoms in total. The van der Waals surface area contributed by atoms with Gasteiger partial charge in [-0.3, -0.25) is 4.98 Å². The van der Waals surface area contributed by atoms with Crippen molar-refractivity contribution in [1.29, 1.82) is 0 Å². The van der Waals surface area contributed by atoms with Crippen LogP contribution in [0.3, 0.4) is 0 Å². The minimum Gasteiger partial charge on any atom is -0.255 e. The maximum atomic E-state index is 14.2. The quantitative estimate of drug-likeness (QED) is 0.204. The molecule has 4 aromatic carbocycles. The van der Waals surface area contributed by atoms with Gasteiger partial charge >= 0.3 is 0 Å². The first-order chi connectivity index (χ1) is 19.2. The summed E-state index contributed by atoms with van der Waals surface area (Å²) < 4.78 is 15.4. The molecule has 0 atom stereocenters. The van der Waals surface area contributed by atoms with Gasteiger partial charge in [-0.25, -0.2) is 4.39 Å². The molecular formula is C37H34FNS. The summed E-state index contributed by atoms with van der Waals surface area (Å²) in [6.07, 6.45) is 2.35. The van der Waals surface area contributed by atoms with Gasteiger partial charge in [0.1, 0.15) is 5.67 Å². The molecule has 3 heteroatoms. The molecule has 6 aromatic rings. The predicted octanol–water partition coefficient (Wildman–Crippen LogP) is 11.2. The van der Waals surface area contributed by atoms with Crippen LogP contribution in [-0.4, -0.2) is 10.7 Å². The number of fused-ring (bicyclic) bond motifs is 2. The van der Waals surface area contributed by atoms with E-state index in [1.165, 1.54) is 53.6 Å². The van der Waals surface area contributed by atoms with Gasteiger partial charge in [0.25, 0.3) is 0 Å². The summed E-state index contributed by atoms with van der Waals surface area (Å²) in [5.41, 5.74) is 8.20. The Morgan fingerprint density at radius 1 is 0.775 bits per heavy atom. The number of alkyl halides is 1. The van der Waals surface area contributed by atoms with E-state index in [9.17, 15) is 4.39 Å². The second-order valence-electron chi connectivity index (χ2n) is 11.7. The zero-order valence-corrected chi connectivity index (χ0v) is 24.6. The lowest BCUT2D eigenvalue weighted by Crippen LogP contribution is -2.15. The first-order valence-corrected chi connectivity index (χ1v) is 14.8. The van der Waals surface area contributed by atoms with E-state index in [1.807, 2.05) is 6.20 Å². The summed E-state index contributed by atoms with van der Waals surface area (Å²) in [4.78, 5) is 6.18. The second-order valence-corrected chi connectivity index (χ2v) is 12.7. The average molecular weight is 544 g/mol. The molecule has 0 fully saturated rings. The summed E-state index contributed by atoms with van der Waals surface area (Å²) in [7, 11) is 0. The monoisotopic (exact) mass is 543 g/mol. The molecule has 2 aromatic heterocycles. The number of nitrogens with zero attached hydrogens (tertiary/aromatic N) is 1. The molecule has 6 rings (SSSR count). The van der Waals surface area contributed by atoms with E-state index in [-0.39, 0.29) is 0 Å². The van der Waals surface area contributed by atoms with Crippen molar-refractivity contribution in [1.82, 2.24) is 4.98 Å². The molecule has 0 unspecified atom stereocenters. The van der Waals surface area contributed by atoms with Crippen molar-refractivity contribution in [2.75, 3.05) is 0 Å². The van der Waals surface area contributed by atoms with Crippen LogP contribution in [0.1, 0.15) is 50.3 Å². The van der Waals surface area contributed by atoms with Crippen molar-refractivity contribution in [2.24, 2.45) is 0 Å². The highest BCUT2D eigenvalue weighted by atomic mass is 32.1. The van der Waals surface area contributed by atoms with E-state index in [2.05, 4.69) is 112 Å². The van der Waals surface area contributed by atoms with Crippen LogP contribution < -0.4 is 0 Å². The number of thiophene rings is 1. The number of hydrogen-bond donors (Lipinski definition) is 0. The fourth-order valence-corrected chi connectivity index (χ4v) is 7.03. The van der Waals surface area contributed by atoms with Gasteiger partial charge < -0.3 is 0 Å². The van der Waals surface area contributed by atoms with Crippen molar-refractivity contribution in [3.05, 3.63) is 114 Å². The van der Waals surface area contributed by atoms with Crippen LogP contribution in [0.4, 0.5) is 4.39 Å². The van der Waals surface area contributed by atoms with Crippen molar-refractivity contribution in [3.63, 3.8) is 0 Å². The SMILES string of the molecule is Cc1c(-c2ccc(CC(C)(C)F)cc2)sc2c(-c3cc(C(C)C)c4ccc(-c5ccccc5)cc4c3)nccc12. The van der Waals surface area contributed by atoms with Crippen molar-refractivity contribution in [3.8, 4) is 32.8 Å². The molecule has 0 radical (unpaired) electrons. The Bertz CT molecular complexity index is 1820. The number of hydrogen-bond acceptors (Lipinski definition) is 2. The van der Waals surface area contributed by atoms with Crippen molar-refractivity contribution >= 4 is 32.2 Å². The summed E-state index contributed by atoms with van der Waals surface area (Å²) in [5.74, 6) is 0.387. The van der Waals surface area contributed by atoms with Crippen LogP contribution in [0.25, 0.3) is 53.7 Å². The molecule has 0 bridgehead atoms. The zero-order chi connectivity index (χ0) is 28.0. The van der Waals surface area contributed by atoms with E-state index in [1.54, 1.807) is 25.2 Å². The third-order valence-electron chi connectivity index (χ3n) is 7.68. The van der Waals surface area contributed by atoms with Gasteiger partial charge in [-0.1, -0.05) is 80.6 Å². The molecule has 40 heavy (non-hydrogen) atoms. The molecule has 0 aliphatic carbocycles. The van der Waals surface area contributed by atoms with Gasteiger partial charge in [-0.05, 0) is 100 Å². The van der Waals surface area contributed by atoms with Crippen LogP contribution in [0, 0.1) is 6.92 Å². The Kier molecular flexibility index (Phi) is 6.80. The lowest BCUT2D eigenvalue weighted by molar-refractivity contribution is 0.217. The number of benzene rings is 4. The van der Waals surface area contributed by atoms with Crippen LogP contribution in [0.2, 0.25) is 0 Å². The lowest BCUT2D eigenvalue weighted by Gasteiger charge is -2.15. The number of halogens is 1. The summed E-state index contributed by atoms with van der Waals surface area (Å²) in [6.45, 7) is 9.98. The van der Waals surface area contributed by atoms with Gasteiger partial charge in [0.15, 0.2) is 0 Å². The topological polar surface area (TPSA) is 12.9 Å². The Morgan fingerprint density at radius 3 is 2.17 bits per heavy atom. The molecule has 0 amide bonds. The van der Waals surface area contributed by atoms with Crippen LogP contribution in [0.15, 0.2) is 97.2 Å². The molecule has 0 N–H and O–H groups in total. The van der Waals surface area contributed by atoms with E-state index in [0.29, 0.717) is 12.3 Å². The number of aromatic nitrogens is 1. The highest BCUT2D eigenvalue weighted by Gasteiger charge is 2.19. The van der Waals surface area contributed by atoms with Crippen LogP contribution in [-0.2, 0) is 6.42 Å². The highest BCUT2D eigenvalue weighted by Crippen LogP contribution is 2.43. The molecule has 0 spiro atoms. The summed E-state index contributed by atoms with van der Waals surface area (Å²) in [6, 6.07) is 32.5. The maximum absolute atomic E-state index is 14.2. The lowest BCUT2D eigenvalue weighted by atomic mass is 9.90. The molecule has 2 heterocycles. The molecule has 0 aliphatic rings. The number of pyridine rings is 1. The van der Waals surface area contributed by atoms with Gasteiger partial charge in [0, 0.05) is 23.1 Å². The van der Waals surface area contributed by atoms with Gasteiger partial charge in [0.2, 0.25) is 0 Å². The molecule has 0 saturated heterocycles. The smallest absolute Gasteiger partial charge is 0.109 e. The molecule has 200 valence electrons. The zero-order valence-electron chi connectivity index (χ0n) is 23.8. The van der Waals surface area contributed by atoms with E-state index >= 15 is 0 Å². The number of aryl methyl sites for hydroxylation is 1. The van der Waals surface area contributed by atoms with E-state index < -0.39 is 5.67 Å². The minimum atomic E-state index is -1.22. The highest BCUT2D eigenvalue weighted by molar-refractivity contribution is 7.23. The van der Waals surface area contributed by atoms with Gasteiger partial charge in [0.05, 0.1) is 10.4 Å². The third-order valence-corrected chi connectivity index (χ3v) is 9.04. The Balaban J connectivity index is 1.48. The predicted molar refractivity (Wildman–Crippen MR) is 171 cm³/mol. The number of rotatable bonds is 6. The van der Waals surface area contributed by atoms with Gasteiger partial charge in [-0.15, -0.1) is 11.3 Å². The second kappa shape index (κ2) is 10.3. The molecular weight excluding hydrogens is 509 g/mol. The molecule has 0 saturated carbocycles. The average Bonchev–Trinajstić information content (AvgIpc) is 3.28. The summed E-state index contributed by atoms with van der Waals surface area (Å²) >= 11 is 1.80. The van der Waals surface area contributed by atoms with Crippen LogP contribution >= 0.6 is 11.3 Å². The Labute approximate surface area is 240 Å². The molecule has 0 aliphatic heterocycles. The van der Waals surface area contributed by atoms with Gasteiger partial charge in [-0.2, -0.15) is 0 Å². The fourth-order valence-electron chi connectivity index (χ4n) is 5.71. The first-order valence-electron chi connectivity index (χ1n) is 14.0. The Morgan fingerprint density at radius 2 is 1.48 bits per heavy atom. The maximum Gasteiger partial charge on any atom is 0.109 e. The van der Waals surface area contributed by atoms with Crippen molar-refractivity contribution < 1.29 is 4.39 Å². The first kappa shape index (κ1) is 26.4. The van der Waals surface area contributed by atoms with E-state index in [4.69, 9.17) is 4.98 Å². The van der Waals surface area contributed by atoms with E-state index in [0.717, 1.165) is 16.8 Å². The summed E-state index contributed by atoms with van der Waals surface area (Å²) in [5, 5.41) is 3.77. The van der Waals surface area contributed by atoms with Crippen LogP contribution in [0.5, 0.6) is 0 Å². The fraction of sp³-hybridized carbons (Fsp3) is 0.216. The minimum absolute atomic E-state index is 0.387. The Hall–Kier alpha value is -3.82. The normalized spacial score (nSPS) is 12.1. The largest absolute Gasteiger partial charge is 0.255 e. The van der Waals surface area contributed by atoms with Crippen molar-refractivity contribution in [2.45, 2.75) is 52.6 Å². The standard InChI is InChI=1S/C37H34FNS/c1-23(2)33-21-30(20-29-19-28(15-16-32(29)33)26-9-7-6-8-10-26)34-36-31(17-18-39-34)24(3)35(40-36)27-13-11-25(12-14-27)22-37(4,5)38/h6-21,23H,22H2,1-5H3. The third kappa shape index (κ3) is 5.07.